The first-order valence-corrected chi connectivity index (χ1v) is 10.8. The van der Waals surface area contributed by atoms with Crippen LogP contribution >= 0.6 is 22.9 Å². The number of thiophene rings is 1. The molecule has 0 aliphatic rings. The molecule has 0 atom stereocenters. The average Bonchev–Trinajstić information content (AvgIpc) is 3.20. The van der Waals surface area contributed by atoms with Crippen LogP contribution in [0.25, 0.3) is 21.3 Å². The minimum Gasteiger partial charge on any atom is -0.341 e. The molecule has 11 heteroatoms. The number of benzene rings is 2. The zero-order valence-electron chi connectivity index (χ0n) is 17.1. The van der Waals surface area contributed by atoms with Crippen LogP contribution in [0, 0.1) is 0 Å². The molecule has 0 bridgehead atoms. The van der Waals surface area contributed by atoms with E-state index in [1.807, 2.05) is 5.38 Å². The van der Waals surface area contributed by atoms with Crippen molar-refractivity contribution in [3.63, 3.8) is 0 Å². The lowest BCUT2D eigenvalue weighted by Gasteiger charge is -2.07. The van der Waals surface area contributed by atoms with Crippen molar-refractivity contribution >= 4 is 62.7 Å². The van der Waals surface area contributed by atoms with Gasteiger partial charge in [0.1, 0.15) is 0 Å². The third kappa shape index (κ3) is 5.43. The van der Waals surface area contributed by atoms with Gasteiger partial charge in [-0.05, 0) is 35.9 Å². The Morgan fingerprint density at radius 2 is 1.85 bits per heavy atom. The van der Waals surface area contributed by atoms with Crippen LogP contribution in [0.5, 0.6) is 0 Å². The number of fused-ring (bicyclic) bond motifs is 1. The highest BCUT2D eigenvalue weighted by Gasteiger charge is 2.13. The second kappa shape index (κ2) is 9.63. The fraction of sp³-hybridized carbons (Fsp3) is 0.0455. The summed E-state index contributed by atoms with van der Waals surface area (Å²) in [4.78, 5) is 48.3. The van der Waals surface area contributed by atoms with E-state index >= 15 is 0 Å². The summed E-state index contributed by atoms with van der Waals surface area (Å²) in [6.45, 7) is 1.19. The van der Waals surface area contributed by atoms with Crippen LogP contribution in [-0.4, -0.2) is 27.9 Å². The van der Waals surface area contributed by atoms with Gasteiger partial charge in [0, 0.05) is 34.1 Å². The molecule has 0 saturated carbocycles. The van der Waals surface area contributed by atoms with E-state index in [1.165, 1.54) is 18.3 Å². The van der Waals surface area contributed by atoms with Crippen molar-refractivity contribution in [1.82, 2.24) is 15.4 Å². The molecule has 0 aliphatic carbocycles. The van der Waals surface area contributed by atoms with Gasteiger partial charge in [0.15, 0.2) is 0 Å². The Balaban J connectivity index is 1.51. The molecule has 0 radical (unpaired) electrons. The summed E-state index contributed by atoms with van der Waals surface area (Å²) in [6, 6.07) is 13.0. The monoisotopic (exact) mass is 481 g/mol. The van der Waals surface area contributed by atoms with E-state index in [0.29, 0.717) is 21.8 Å². The number of nitrogens with zero attached hydrogens (tertiary/aromatic N) is 2. The third-order valence-corrected chi connectivity index (χ3v) is 5.51. The van der Waals surface area contributed by atoms with E-state index in [2.05, 4.69) is 30.9 Å². The van der Waals surface area contributed by atoms with Crippen molar-refractivity contribution in [3.8, 4) is 11.1 Å². The molecule has 0 spiro atoms. The lowest BCUT2D eigenvalue weighted by Crippen LogP contribution is -2.25. The van der Waals surface area contributed by atoms with Gasteiger partial charge in [0.05, 0.1) is 16.4 Å². The Labute approximate surface area is 196 Å². The van der Waals surface area contributed by atoms with Crippen LogP contribution in [-0.2, 0) is 9.63 Å². The average molecular weight is 482 g/mol. The van der Waals surface area contributed by atoms with E-state index in [9.17, 15) is 14.4 Å². The topological polar surface area (TPSA) is 122 Å². The molecule has 166 valence electrons. The quantitative estimate of drug-likeness (QED) is 0.358. The van der Waals surface area contributed by atoms with E-state index in [0.717, 1.165) is 15.8 Å². The number of amides is 3. The van der Waals surface area contributed by atoms with Gasteiger partial charge in [-0.15, -0.1) is 11.3 Å². The molecule has 2 aromatic carbocycles. The molecule has 9 nitrogen and oxygen atoms in total. The third-order valence-electron chi connectivity index (χ3n) is 4.37. The summed E-state index contributed by atoms with van der Waals surface area (Å²) in [6.07, 6.45) is 1.63. The molecule has 3 amide bonds. The van der Waals surface area contributed by atoms with Crippen molar-refractivity contribution in [2.24, 2.45) is 0 Å². The Bertz CT molecular complexity index is 1360. The van der Waals surface area contributed by atoms with Crippen molar-refractivity contribution in [2.75, 3.05) is 10.6 Å². The van der Waals surface area contributed by atoms with Gasteiger partial charge in [-0.1, -0.05) is 29.8 Å². The van der Waals surface area contributed by atoms with Gasteiger partial charge >= 0.3 is 12.0 Å². The highest BCUT2D eigenvalue weighted by atomic mass is 35.5. The summed E-state index contributed by atoms with van der Waals surface area (Å²) in [7, 11) is 0. The van der Waals surface area contributed by atoms with Crippen LogP contribution in [0.4, 0.5) is 16.4 Å². The van der Waals surface area contributed by atoms with Crippen molar-refractivity contribution in [3.05, 3.63) is 70.7 Å². The van der Waals surface area contributed by atoms with E-state index in [1.54, 1.807) is 54.7 Å². The standard InChI is InChI=1S/C22H16ClN5O4S/c1-12(29)32-28-20(30)14-7-5-13(6-8-14)17-11-33-18-10-24-21(26-19(17)18)27-22(31)25-16-4-2-3-15(23)9-16/h2-11H,1H3,(H,28,30)(H2,24,25,26,27,31). The van der Waals surface area contributed by atoms with Gasteiger partial charge in [-0.2, -0.15) is 5.48 Å². The van der Waals surface area contributed by atoms with Crippen LogP contribution in [0.3, 0.4) is 0 Å². The molecule has 2 aromatic heterocycles. The zero-order valence-corrected chi connectivity index (χ0v) is 18.7. The van der Waals surface area contributed by atoms with Crippen LogP contribution < -0.4 is 16.1 Å². The molecule has 0 fully saturated rings. The Hall–Kier alpha value is -4.02. The molecule has 4 rings (SSSR count). The SMILES string of the molecule is CC(=O)ONC(=O)c1ccc(-c2csc3cnc(NC(=O)Nc4cccc(Cl)c4)nc23)cc1. The Morgan fingerprint density at radius 3 is 2.58 bits per heavy atom. The largest absolute Gasteiger partial charge is 0.341 e. The number of nitrogens with one attached hydrogen (secondary N) is 3. The van der Waals surface area contributed by atoms with Crippen molar-refractivity contribution in [2.45, 2.75) is 6.92 Å². The molecule has 0 aliphatic heterocycles. The van der Waals surface area contributed by atoms with Crippen molar-refractivity contribution < 1.29 is 19.2 Å². The normalized spacial score (nSPS) is 10.5. The van der Waals surface area contributed by atoms with Crippen LogP contribution in [0.15, 0.2) is 60.1 Å². The van der Waals surface area contributed by atoms with Crippen LogP contribution in [0.1, 0.15) is 17.3 Å². The summed E-state index contributed by atoms with van der Waals surface area (Å²) < 4.78 is 0.836. The molecule has 33 heavy (non-hydrogen) atoms. The molecule has 3 N–H and O–H groups in total. The number of hydrogen-bond acceptors (Lipinski definition) is 7. The number of rotatable bonds is 4. The van der Waals surface area contributed by atoms with Gasteiger partial charge in [0.25, 0.3) is 5.91 Å². The Morgan fingerprint density at radius 1 is 1.06 bits per heavy atom. The number of urea groups is 1. The smallest absolute Gasteiger partial charge is 0.329 e. The number of hydroxylamine groups is 1. The number of carbonyl (C=O) groups is 3. The summed E-state index contributed by atoms with van der Waals surface area (Å²) in [5.41, 5.74) is 5.23. The lowest BCUT2D eigenvalue weighted by atomic mass is 10.1. The zero-order chi connectivity index (χ0) is 23.4. The minimum absolute atomic E-state index is 0.138. The number of aromatic nitrogens is 2. The van der Waals surface area contributed by atoms with Gasteiger partial charge < -0.3 is 10.2 Å². The maximum absolute atomic E-state index is 12.3. The summed E-state index contributed by atoms with van der Waals surface area (Å²) in [5.74, 6) is -1.01. The lowest BCUT2D eigenvalue weighted by molar-refractivity contribution is -0.146. The second-order valence-electron chi connectivity index (χ2n) is 6.75. The number of hydrogen-bond donors (Lipinski definition) is 3. The first-order valence-electron chi connectivity index (χ1n) is 9.55. The summed E-state index contributed by atoms with van der Waals surface area (Å²) in [5, 5.41) is 7.71. The first kappa shape index (κ1) is 22.2. The highest BCUT2D eigenvalue weighted by Crippen LogP contribution is 2.33. The van der Waals surface area contributed by atoms with Gasteiger partial charge in [-0.3, -0.25) is 14.9 Å². The number of carbonyl (C=O) groups excluding carboxylic acids is 3. The van der Waals surface area contributed by atoms with Gasteiger partial charge in [-0.25, -0.2) is 14.8 Å². The first-order chi connectivity index (χ1) is 15.9. The predicted molar refractivity (Wildman–Crippen MR) is 126 cm³/mol. The number of halogens is 1. The highest BCUT2D eigenvalue weighted by molar-refractivity contribution is 7.17. The molecular formula is C22H16ClN5O4S. The Kier molecular flexibility index (Phi) is 6.48. The van der Waals surface area contributed by atoms with Crippen molar-refractivity contribution in [1.29, 1.82) is 0 Å². The van der Waals surface area contributed by atoms with E-state index < -0.39 is 17.9 Å². The van der Waals surface area contributed by atoms with Crippen LogP contribution in [0.2, 0.25) is 5.02 Å². The molecule has 2 heterocycles. The minimum atomic E-state index is -0.616. The van der Waals surface area contributed by atoms with Gasteiger partial charge in [0.2, 0.25) is 5.95 Å². The molecule has 4 aromatic rings. The fourth-order valence-corrected chi connectivity index (χ4v) is 3.97. The molecule has 0 saturated heterocycles. The number of anilines is 2. The molecule has 0 unspecified atom stereocenters. The predicted octanol–water partition coefficient (Wildman–Crippen LogP) is 4.86. The van der Waals surface area contributed by atoms with E-state index in [4.69, 9.17) is 11.6 Å². The fourth-order valence-electron chi connectivity index (χ4n) is 2.90. The van der Waals surface area contributed by atoms with E-state index in [-0.39, 0.29) is 5.95 Å². The maximum atomic E-state index is 12.3. The molecular weight excluding hydrogens is 466 g/mol. The second-order valence-corrected chi connectivity index (χ2v) is 8.10. The summed E-state index contributed by atoms with van der Waals surface area (Å²) >= 11 is 7.39. The maximum Gasteiger partial charge on any atom is 0.329 e.